The number of aromatic nitrogens is 3. The van der Waals surface area contributed by atoms with Crippen molar-refractivity contribution in [3.8, 4) is 0 Å². The van der Waals surface area contributed by atoms with E-state index in [2.05, 4.69) is 20.3 Å². The molecule has 0 fully saturated rings. The molecule has 1 aromatic carbocycles. The van der Waals surface area contributed by atoms with Gasteiger partial charge >= 0.3 is 0 Å². The number of amides is 1. The molecule has 0 atom stereocenters. The Hall–Kier alpha value is -2.25. The predicted octanol–water partition coefficient (Wildman–Crippen LogP) is 3.09. The van der Waals surface area contributed by atoms with Crippen molar-refractivity contribution < 1.29 is 4.79 Å². The Balaban J connectivity index is 1.50. The fourth-order valence-electron chi connectivity index (χ4n) is 2.22. The molecule has 2 N–H and O–H groups in total. The molecule has 0 aliphatic heterocycles. The Labute approximate surface area is 155 Å². The second kappa shape index (κ2) is 7.76. The molecule has 130 valence electrons. The number of hydrogen-bond donors (Lipinski definition) is 2. The van der Waals surface area contributed by atoms with Crippen LogP contribution in [0.4, 0.5) is 5.69 Å². The Morgan fingerprint density at radius 2 is 2.08 bits per heavy atom. The average molecular weight is 376 g/mol. The molecule has 1 amide bonds. The number of fused-ring (bicyclic) bond motifs is 1. The highest BCUT2D eigenvalue weighted by atomic mass is 35.5. The average Bonchev–Trinajstić information content (AvgIpc) is 3.00. The first-order chi connectivity index (χ1) is 12.0. The number of nitrogens with zero attached hydrogens (tertiary/aromatic N) is 3. The second-order valence-electron chi connectivity index (χ2n) is 5.69. The van der Waals surface area contributed by atoms with Gasteiger partial charge < -0.3 is 15.2 Å². The van der Waals surface area contributed by atoms with Crippen molar-refractivity contribution in [2.24, 2.45) is 0 Å². The lowest BCUT2D eigenvalue weighted by molar-refractivity contribution is -0.118. The summed E-state index contributed by atoms with van der Waals surface area (Å²) in [5.74, 6) is 0.233. The highest BCUT2D eigenvalue weighted by Crippen LogP contribution is 2.20. The summed E-state index contributed by atoms with van der Waals surface area (Å²) in [4.78, 5) is 25.6. The Morgan fingerprint density at radius 3 is 2.80 bits per heavy atom. The zero-order chi connectivity index (χ0) is 17.8. The first kappa shape index (κ1) is 17.6. The number of hydrogen-bond acceptors (Lipinski definition) is 5. The van der Waals surface area contributed by atoms with E-state index in [1.54, 1.807) is 12.3 Å². The van der Waals surface area contributed by atoms with Gasteiger partial charge in [0.2, 0.25) is 5.91 Å². The summed E-state index contributed by atoms with van der Waals surface area (Å²) in [6, 6.07) is 9.85. The number of nitrogens with one attached hydrogen (secondary N) is 2. The van der Waals surface area contributed by atoms with Gasteiger partial charge in [-0.2, -0.15) is 0 Å². The van der Waals surface area contributed by atoms with E-state index >= 15 is 0 Å². The van der Waals surface area contributed by atoms with Gasteiger partial charge in [0, 0.05) is 32.5 Å². The Kier molecular flexibility index (Phi) is 5.45. The van der Waals surface area contributed by atoms with Crippen LogP contribution >= 0.6 is 23.4 Å². The van der Waals surface area contributed by atoms with Crippen LogP contribution in [0.5, 0.6) is 0 Å². The van der Waals surface area contributed by atoms with Crippen LogP contribution in [0.3, 0.4) is 0 Å². The lowest BCUT2D eigenvalue weighted by Gasteiger charge is -2.12. The van der Waals surface area contributed by atoms with E-state index in [4.69, 9.17) is 11.6 Å². The van der Waals surface area contributed by atoms with Crippen molar-refractivity contribution in [2.45, 2.75) is 11.7 Å². The van der Waals surface area contributed by atoms with Crippen LogP contribution < -0.4 is 10.2 Å². The van der Waals surface area contributed by atoms with Crippen LogP contribution in [0.15, 0.2) is 41.7 Å². The van der Waals surface area contributed by atoms with Crippen molar-refractivity contribution in [1.29, 1.82) is 0 Å². The minimum Gasteiger partial charge on any atom is -0.378 e. The maximum Gasteiger partial charge on any atom is 0.230 e. The molecule has 0 saturated heterocycles. The van der Waals surface area contributed by atoms with E-state index in [0.29, 0.717) is 22.4 Å². The zero-order valence-corrected chi connectivity index (χ0v) is 15.5. The minimum absolute atomic E-state index is 0.0480. The number of thioether (sulfide) groups is 1. The van der Waals surface area contributed by atoms with E-state index in [1.165, 1.54) is 11.8 Å². The molecule has 25 heavy (non-hydrogen) atoms. The topological polar surface area (TPSA) is 73.9 Å². The molecule has 0 aliphatic carbocycles. The number of halogens is 1. The number of H-pyrrole nitrogens is 1. The summed E-state index contributed by atoms with van der Waals surface area (Å²) in [5, 5.41) is 4.10. The van der Waals surface area contributed by atoms with Gasteiger partial charge in [-0.1, -0.05) is 35.5 Å². The molecule has 2 heterocycles. The van der Waals surface area contributed by atoms with Gasteiger partial charge in [-0.15, -0.1) is 0 Å². The van der Waals surface area contributed by atoms with E-state index in [-0.39, 0.29) is 11.7 Å². The largest absolute Gasteiger partial charge is 0.378 e. The van der Waals surface area contributed by atoms with Crippen molar-refractivity contribution >= 4 is 46.1 Å². The van der Waals surface area contributed by atoms with Gasteiger partial charge in [-0.3, -0.25) is 4.79 Å². The lowest BCUT2D eigenvalue weighted by Crippen LogP contribution is -2.24. The van der Waals surface area contributed by atoms with Crippen molar-refractivity contribution in [1.82, 2.24) is 20.3 Å². The van der Waals surface area contributed by atoms with Crippen LogP contribution in [-0.2, 0) is 11.3 Å². The highest BCUT2D eigenvalue weighted by Gasteiger charge is 2.08. The summed E-state index contributed by atoms with van der Waals surface area (Å²) in [7, 11) is 3.99. The number of benzene rings is 1. The van der Waals surface area contributed by atoms with Crippen LogP contribution in [0.1, 0.15) is 5.56 Å². The third kappa shape index (κ3) is 4.64. The molecule has 3 rings (SSSR count). The standard InChI is InChI=1S/C17H18ClN5OS/c1-23(2)13-5-3-11(4-6-13)8-19-15(24)10-25-17-21-14-7-12(18)9-20-16(14)22-17/h3-7,9H,8,10H2,1-2H3,(H,19,24)(H,20,21,22). The Bertz CT molecular complexity index is 878. The third-order valence-corrected chi connectivity index (χ3v) is 4.64. The molecule has 0 spiro atoms. The molecule has 2 aromatic heterocycles. The first-order valence-corrected chi connectivity index (χ1v) is 9.04. The van der Waals surface area contributed by atoms with Gasteiger partial charge in [-0.05, 0) is 23.8 Å². The molecular weight excluding hydrogens is 358 g/mol. The summed E-state index contributed by atoms with van der Waals surface area (Å²) in [6.45, 7) is 0.504. The summed E-state index contributed by atoms with van der Waals surface area (Å²) >= 11 is 7.23. The maximum atomic E-state index is 12.0. The fraction of sp³-hybridized carbons (Fsp3) is 0.235. The molecular formula is C17H18ClN5OS. The SMILES string of the molecule is CN(C)c1ccc(CNC(=O)CSc2nc3ncc(Cl)cc3[nH]2)cc1. The highest BCUT2D eigenvalue weighted by molar-refractivity contribution is 7.99. The van der Waals surface area contributed by atoms with E-state index in [9.17, 15) is 4.79 Å². The van der Waals surface area contributed by atoms with Gasteiger partial charge in [0.25, 0.3) is 0 Å². The summed E-state index contributed by atoms with van der Waals surface area (Å²) in [5.41, 5.74) is 3.54. The van der Waals surface area contributed by atoms with Gasteiger partial charge in [0.05, 0.1) is 16.3 Å². The Morgan fingerprint density at radius 1 is 1.32 bits per heavy atom. The minimum atomic E-state index is -0.0480. The normalized spacial score (nSPS) is 10.8. The third-order valence-electron chi connectivity index (χ3n) is 3.56. The summed E-state index contributed by atoms with van der Waals surface area (Å²) in [6.07, 6.45) is 1.55. The number of aromatic amines is 1. The molecule has 6 nitrogen and oxygen atoms in total. The van der Waals surface area contributed by atoms with Crippen LogP contribution in [-0.4, -0.2) is 40.7 Å². The fourth-order valence-corrected chi connectivity index (χ4v) is 3.08. The number of rotatable bonds is 6. The molecule has 0 radical (unpaired) electrons. The van der Waals surface area contributed by atoms with Crippen LogP contribution in [0.25, 0.3) is 11.2 Å². The zero-order valence-electron chi connectivity index (χ0n) is 13.9. The monoisotopic (exact) mass is 375 g/mol. The number of carbonyl (C=O) groups is 1. The number of pyridine rings is 1. The lowest BCUT2D eigenvalue weighted by atomic mass is 10.2. The van der Waals surface area contributed by atoms with Gasteiger partial charge in [0.1, 0.15) is 0 Å². The molecule has 0 bridgehead atoms. The smallest absolute Gasteiger partial charge is 0.230 e. The van der Waals surface area contributed by atoms with E-state index < -0.39 is 0 Å². The van der Waals surface area contributed by atoms with Crippen molar-refractivity contribution in [2.75, 3.05) is 24.7 Å². The number of carbonyl (C=O) groups excluding carboxylic acids is 1. The number of imidazole rings is 1. The predicted molar refractivity (Wildman–Crippen MR) is 102 cm³/mol. The van der Waals surface area contributed by atoms with E-state index in [1.807, 2.05) is 43.3 Å². The molecule has 0 saturated carbocycles. The first-order valence-electron chi connectivity index (χ1n) is 7.68. The molecule has 0 aliphatic rings. The van der Waals surface area contributed by atoms with E-state index in [0.717, 1.165) is 16.8 Å². The molecule has 3 aromatic rings. The molecule has 0 unspecified atom stereocenters. The second-order valence-corrected chi connectivity index (χ2v) is 7.09. The summed E-state index contributed by atoms with van der Waals surface area (Å²) < 4.78 is 0. The number of anilines is 1. The maximum absolute atomic E-state index is 12.0. The molecule has 8 heteroatoms. The van der Waals surface area contributed by atoms with Crippen molar-refractivity contribution in [3.05, 3.63) is 47.1 Å². The van der Waals surface area contributed by atoms with Crippen LogP contribution in [0.2, 0.25) is 5.02 Å². The van der Waals surface area contributed by atoms with Gasteiger partial charge in [0.15, 0.2) is 10.8 Å². The van der Waals surface area contributed by atoms with Crippen LogP contribution in [0, 0.1) is 0 Å². The quantitative estimate of drug-likeness (QED) is 0.647. The van der Waals surface area contributed by atoms with Crippen molar-refractivity contribution in [3.63, 3.8) is 0 Å². The van der Waals surface area contributed by atoms with Gasteiger partial charge in [-0.25, -0.2) is 9.97 Å².